The molecule has 1 unspecified atom stereocenters. The highest BCUT2D eigenvalue weighted by molar-refractivity contribution is 5.87. The Kier molecular flexibility index (Phi) is 9.09. The standard InChI is InChI=1S/C30H36F9NO2/c1-27-11-9-22-21-6-5-20(41)16-17(21)14-18(26(22)23(27)7-8-25(27)42)15-19(31)4-3-12-40(2)13-10-24(32)28(33,34)29(35,36)30(37,38)39/h5-6,10,16,18-19,22-23,26,41H,3-4,7-9,11-15H2,1-2H3/t18-,19?,22+,23-,26+,27-/m0/s1. The summed E-state index contributed by atoms with van der Waals surface area (Å²) < 4.78 is 119. The fraction of sp³-hybridized carbons (Fsp3) is 0.700. The third kappa shape index (κ3) is 5.93. The topological polar surface area (TPSA) is 40.5 Å². The minimum absolute atomic E-state index is 0.0232. The van der Waals surface area contributed by atoms with Gasteiger partial charge in [-0.3, -0.25) is 4.79 Å². The van der Waals surface area contributed by atoms with Gasteiger partial charge in [0.25, 0.3) is 0 Å². The second-order valence-corrected chi connectivity index (χ2v) is 12.5. The minimum Gasteiger partial charge on any atom is -0.508 e. The molecule has 1 aromatic carbocycles. The Morgan fingerprint density at radius 2 is 1.86 bits per heavy atom. The van der Waals surface area contributed by atoms with Crippen molar-refractivity contribution in [2.24, 2.45) is 23.2 Å². The number of hydrogen-bond donors (Lipinski definition) is 1. The van der Waals surface area contributed by atoms with Crippen molar-refractivity contribution >= 4 is 5.78 Å². The summed E-state index contributed by atoms with van der Waals surface area (Å²) in [6.45, 7) is 1.41. The van der Waals surface area contributed by atoms with Gasteiger partial charge in [0.15, 0.2) is 5.83 Å². The maximum Gasteiger partial charge on any atom is 0.460 e. The number of likely N-dealkylation sites (N-methyl/N-ethyl adjacent to an activating group) is 1. The van der Waals surface area contributed by atoms with Crippen LogP contribution in [0.4, 0.5) is 39.5 Å². The summed E-state index contributed by atoms with van der Waals surface area (Å²) in [5, 5.41) is 10.1. The Morgan fingerprint density at radius 3 is 2.52 bits per heavy atom. The molecule has 2 saturated carbocycles. The van der Waals surface area contributed by atoms with Crippen LogP contribution in [0.25, 0.3) is 0 Å². The Morgan fingerprint density at radius 1 is 1.17 bits per heavy atom. The molecule has 1 N–H and O–H groups in total. The predicted molar refractivity (Wildman–Crippen MR) is 138 cm³/mol. The Bertz CT molecular complexity index is 1180. The molecule has 4 rings (SSSR count). The first kappa shape index (κ1) is 32.7. The maximum atomic E-state index is 15.4. The van der Waals surface area contributed by atoms with Crippen molar-refractivity contribution in [3.8, 4) is 5.75 Å². The van der Waals surface area contributed by atoms with E-state index in [1.165, 1.54) is 11.9 Å². The molecule has 0 spiro atoms. The number of fused-ring (bicyclic) bond motifs is 5. The molecular weight excluding hydrogens is 577 g/mol. The summed E-state index contributed by atoms with van der Waals surface area (Å²) in [5.74, 6) is -14.8. The lowest BCUT2D eigenvalue weighted by Crippen LogP contribution is -2.52. The molecule has 236 valence electrons. The van der Waals surface area contributed by atoms with Crippen LogP contribution >= 0.6 is 0 Å². The van der Waals surface area contributed by atoms with Gasteiger partial charge >= 0.3 is 18.0 Å². The molecule has 1 aromatic rings. The number of aromatic hydroxyl groups is 1. The first-order chi connectivity index (χ1) is 19.4. The lowest BCUT2D eigenvalue weighted by atomic mass is 9.52. The number of hydrogen-bond acceptors (Lipinski definition) is 3. The van der Waals surface area contributed by atoms with Gasteiger partial charge in [-0.2, -0.15) is 30.7 Å². The van der Waals surface area contributed by atoms with Gasteiger partial charge in [-0.1, -0.05) is 13.0 Å². The molecule has 3 aliphatic rings. The van der Waals surface area contributed by atoms with Crippen molar-refractivity contribution in [3.63, 3.8) is 0 Å². The smallest absolute Gasteiger partial charge is 0.460 e. The van der Waals surface area contributed by atoms with E-state index < -0.39 is 42.0 Å². The molecule has 3 aliphatic carbocycles. The third-order valence-corrected chi connectivity index (χ3v) is 9.84. The van der Waals surface area contributed by atoms with Crippen molar-refractivity contribution < 1.29 is 49.4 Å². The monoisotopic (exact) mass is 613 g/mol. The fourth-order valence-corrected chi connectivity index (χ4v) is 7.59. The van der Waals surface area contributed by atoms with Crippen molar-refractivity contribution in [1.29, 1.82) is 0 Å². The normalized spacial score (nSPS) is 29.3. The van der Waals surface area contributed by atoms with Gasteiger partial charge in [-0.25, -0.2) is 8.78 Å². The van der Waals surface area contributed by atoms with Crippen LogP contribution in [0.1, 0.15) is 68.9 Å². The third-order valence-electron chi connectivity index (χ3n) is 9.84. The van der Waals surface area contributed by atoms with E-state index in [4.69, 9.17) is 0 Å². The zero-order chi connectivity index (χ0) is 31.3. The summed E-state index contributed by atoms with van der Waals surface area (Å²) in [7, 11) is 1.33. The molecule has 0 heterocycles. The van der Waals surface area contributed by atoms with Crippen LogP contribution in [-0.4, -0.2) is 60.1 Å². The van der Waals surface area contributed by atoms with E-state index in [9.17, 15) is 45.0 Å². The Labute approximate surface area is 239 Å². The van der Waals surface area contributed by atoms with Crippen LogP contribution in [0.5, 0.6) is 5.75 Å². The van der Waals surface area contributed by atoms with Crippen LogP contribution in [0.15, 0.2) is 30.1 Å². The van der Waals surface area contributed by atoms with Crippen molar-refractivity contribution in [1.82, 2.24) is 4.90 Å². The number of benzene rings is 1. The van der Waals surface area contributed by atoms with E-state index in [1.807, 2.05) is 13.0 Å². The highest BCUT2D eigenvalue weighted by Crippen LogP contribution is 2.61. The Hall–Kier alpha value is -2.24. The van der Waals surface area contributed by atoms with Crippen LogP contribution < -0.4 is 0 Å². The quantitative estimate of drug-likeness (QED) is 0.271. The van der Waals surface area contributed by atoms with Gasteiger partial charge in [0.1, 0.15) is 17.7 Å². The van der Waals surface area contributed by atoms with E-state index in [2.05, 4.69) is 0 Å². The first-order valence-electron chi connectivity index (χ1n) is 14.3. The highest BCUT2D eigenvalue weighted by atomic mass is 19.4. The lowest BCUT2D eigenvalue weighted by Gasteiger charge is -2.52. The molecular formula is C30H36F9NO2. The van der Waals surface area contributed by atoms with Gasteiger partial charge in [-0.05, 0) is 112 Å². The van der Waals surface area contributed by atoms with Crippen LogP contribution in [0.2, 0.25) is 0 Å². The SMILES string of the molecule is CN(CC=C(F)C(F)(F)C(F)(F)C(F)(F)F)CCCC(F)C[C@@H]1Cc2cc(O)ccc2[C@H]2CC[C@]3(C)C(=O)CC[C@H]3[C@H]12. The number of phenols is 1. The molecule has 0 aromatic heterocycles. The van der Waals surface area contributed by atoms with E-state index in [-0.39, 0.29) is 67.1 Å². The number of carbonyl (C=O) groups excluding carboxylic acids is 1. The molecule has 2 fully saturated rings. The van der Waals surface area contributed by atoms with E-state index >= 15 is 4.39 Å². The van der Waals surface area contributed by atoms with Gasteiger partial charge in [0, 0.05) is 18.4 Å². The molecule has 6 atom stereocenters. The van der Waals surface area contributed by atoms with Crippen LogP contribution in [0, 0.1) is 23.2 Å². The summed E-state index contributed by atoms with van der Waals surface area (Å²) in [6.07, 6.45) is -4.00. The second-order valence-electron chi connectivity index (χ2n) is 12.5. The average molecular weight is 614 g/mol. The highest BCUT2D eigenvalue weighted by Gasteiger charge is 2.74. The summed E-state index contributed by atoms with van der Waals surface area (Å²) in [4.78, 5) is 14.0. The van der Waals surface area contributed by atoms with E-state index in [0.29, 0.717) is 12.8 Å². The lowest BCUT2D eigenvalue weighted by molar-refractivity contribution is -0.347. The largest absolute Gasteiger partial charge is 0.508 e. The molecule has 0 radical (unpaired) electrons. The van der Waals surface area contributed by atoms with Gasteiger partial charge in [0.05, 0.1) is 0 Å². The predicted octanol–water partition coefficient (Wildman–Crippen LogP) is 8.17. The van der Waals surface area contributed by atoms with E-state index in [0.717, 1.165) is 30.4 Å². The van der Waals surface area contributed by atoms with Crippen LogP contribution in [0.3, 0.4) is 0 Å². The number of nitrogens with zero attached hydrogens (tertiary/aromatic N) is 1. The van der Waals surface area contributed by atoms with Crippen molar-refractivity contribution in [2.75, 3.05) is 20.1 Å². The number of rotatable bonds is 10. The summed E-state index contributed by atoms with van der Waals surface area (Å²) in [6, 6.07) is 5.30. The Balaban J connectivity index is 1.36. The fourth-order valence-electron chi connectivity index (χ4n) is 7.59. The van der Waals surface area contributed by atoms with Crippen molar-refractivity contribution in [2.45, 2.75) is 88.4 Å². The molecule has 0 amide bonds. The second kappa shape index (κ2) is 11.7. The van der Waals surface area contributed by atoms with Crippen LogP contribution in [-0.2, 0) is 11.2 Å². The number of ketones is 1. The summed E-state index contributed by atoms with van der Waals surface area (Å²) in [5.41, 5.74) is 1.70. The zero-order valence-corrected chi connectivity index (χ0v) is 23.5. The van der Waals surface area contributed by atoms with Gasteiger partial charge in [0.2, 0.25) is 0 Å². The average Bonchev–Trinajstić information content (AvgIpc) is 3.20. The zero-order valence-electron chi connectivity index (χ0n) is 23.5. The number of carbonyl (C=O) groups is 1. The van der Waals surface area contributed by atoms with Gasteiger partial charge in [-0.15, -0.1) is 0 Å². The molecule has 42 heavy (non-hydrogen) atoms. The van der Waals surface area contributed by atoms with Gasteiger partial charge < -0.3 is 10.0 Å². The molecule has 0 aliphatic heterocycles. The molecule has 12 heteroatoms. The maximum absolute atomic E-state index is 15.4. The summed E-state index contributed by atoms with van der Waals surface area (Å²) >= 11 is 0. The number of alkyl halides is 8. The number of halogens is 9. The number of allylic oxidation sites excluding steroid dienone is 1. The number of phenolic OH excluding ortho intramolecular Hbond substituents is 1. The molecule has 3 nitrogen and oxygen atoms in total. The minimum atomic E-state index is -6.63. The van der Waals surface area contributed by atoms with Crippen molar-refractivity contribution in [3.05, 3.63) is 41.2 Å². The molecule has 0 bridgehead atoms. The number of Topliss-reactive ketones (excluding diaryl/α,β-unsaturated/α-hetero) is 1. The van der Waals surface area contributed by atoms with E-state index in [1.54, 1.807) is 12.1 Å². The first-order valence-corrected chi connectivity index (χ1v) is 14.3. The molecule has 0 saturated heterocycles.